The third kappa shape index (κ3) is 4.34. The van der Waals surface area contributed by atoms with Crippen LogP contribution >= 0.6 is 0 Å². The van der Waals surface area contributed by atoms with E-state index in [2.05, 4.69) is 44.3 Å². The second-order valence-electron chi connectivity index (χ2n) is 6.59. The number of hydrogen-bond acceptors (Lipinski definition) is 1. The van der Waals surface area contributed by atoms with E-state index in [1.165, 1.54) is 61.6 Å². The lowest BCUT2D eigenvalue weighted by Gasteiger charge is -2.23. The molecule has 1 aliphatic rings. The Hall–Kier alpha value is -0.820. The van der Waals surface area contributed by atoms with Crippen molar-refractivity contribution >= 4 is 0 Å². The zero-order valence-corrected chi connectivity index (χ0v) is 13.5. The fourth-order valence-electron chi connectivity index (χ4n) is 3.52. The molecule has 1 atom stereocenters. The van der Waals surface area contributed by atoms with Crippen molar-refractivity contribution in [1.29, 1.82) is 0 Å². The van der Waals surface area contributed by atoms with Gasteiger partial charge >= 0.3 is 0 Å². The third-order valence-electron chi connectivity index (χ3n) is 4.79. The van der Waals surface area contributed by atoms with Gasteiger partial charge in [0.1, 0.15) is 0 Å². The van der Waals surface area contributed by atoms with Crippen molar-refractivity contribution in [2.45, 2.75) is 71.8 Å². The number of hydrogen-bond donors (Lipinski definition) is 1. The smallest absolute Gasteiger partial charge is 0.0323 e. The summed E-state index contributed by atoms with van der Waals surface area (Å²) in [5, 5.41) is 3.78. The zero-order valence-electron chi connectivity index (χ0n) is 13.5. The monoisotopic (exact) mass is 273 g/mol. The fourth-order valence-corrected chi connectivity index (χ4v) is 3.52. The Bertz CT molecular complexity index is 404. The van der Waals surface area contributed by atoms with Crippen LogP contribution in [0.2, 0.25) is 0 Å². The molecular formula is C19H31N. The van der Waals surface area contributed by atoms with E-state index in [0.717, 1.165) is 12.5 Å². The van der Waals surface area contributed by atoms with E-state index in [-0.39, 0.29) is 0 Å². The highest BCUT2D eigenvalue weighted by Crippen LogP contribution is 2.32. The van der Waals surface area contributed by atoms with Crippen molar-refractivity contribution in [2.75, 3.05) is 6.54 Å². The van der Waals surface area contributed by atoms with E-state index in [1.54, 1.807) is 0 Å². The molecule has 1 aromatic carbocycles. The van der Waals surface area contributed by atoms with Gasteiger partial charge in [0.2, 0.25) is 0 Å². The zero-order chi connectivity index (χ0) is 14.4. The van der Waals surface area contributed by atoms with Crippen LogP contribution in [-0.4, -0.2) is 6.54 Å². The normalized spacial score (nSPS) is 17.6. The summed E-state index contributed by atoms with van der Waals surface area (Å²) < 4.78 is 0. The first-order valence-corrected chi connectivity index (χ1v) is 8.51. The number of rotatable bonds is 7. The molecule has 112 valence electrons. The van der Waals surface area contributed by atoms with E-state index >= 15 is 0 Å². The first-order valence-electron chi connectivity index (χ1n) is 8.51. The molecule has 0 saturated heterocycles. The minimum atomic E-state index is 0.551. The number of aryl methyl sites for hydroxylation is 2. The molecule has 0 radical (unpaired) electrons. The average Bonchev–Trinajstić information content (AvgIpc) is 2.95. The summed E-state index contributed by atoms with van der Waals surface area (Å²) >= 11 is 0. The molecule has 0 aromatic heterocycles. The molecule has 1 heteroatoms. The van der Waals surface area contributed by atoms with Gasteiger partial charge in [-0.2, -0.15) is 0 Å². The van der Waals surface area contributed by atoms with Crippen molar-refractivity contribution in [3.05, 3.63) is 34.9 Å². The van der Waals surface area contributed by atoms with Gasteiger partial charge in [-0.05, 0) is 56.7 Å². The van der Waals surface area contributed by atoms with Crippen LogP contribution in [0.4, 0.5) is 0 Å². The summed E-state index contributed by atoms with van der Waals surface area (Å²) in [6, 6.07) is 7.45. The molecule has 1 saturated carbocycles. The van der Waals surface area contributed by atoms with Crippen molar-refractivity contribution < 1.29 is 0 Å². The van der Waals surface area contributed by atoms with Gasteiger partial charge in [0.15, 0.2) is 0 Å². The summed E-state index contributed by atoms with van der Waals surface area (Å²) in [5.41, 5.74) is 4.35. The van der Waals surface area contributed by atoms with Crippen LogP contribution in [0.25, 0.3) is 0 Å². The molecule has 1 nitrogen and oxygen atoms in total. The molecule has 2 rings (SSSR count). The Labute approximate surface area is 125 Å². The maximum atomic E-state index is 3.78. The summed E-state index contributed by atoms with van der Waals surface area (Å²) in [5.74, 6) is 0.992. The van der Waals surface area contributed by atoms with E-state index in [4.69, 9.17) is 0 Å². The van der Waals surface area contributed by atoms with Crippen molar-refractivity contribution in [2.24, 2.45) is 5.92 Å². The lowest BCUT2D eigenvalue weighted by Crippen LogP contribution is -2.23. The summed E-state index contributed by atoms with van der Waals surface area (Å²) in [4.78, 5) is 0. The van der Waals surface area contributed by atoms with Crippen LogP contribution in [0.15, 0.2) is 18.2 Å². The lowest BCUT2D eigenvalue weighted by atomic mass is 9.91. The van der Waals surface area contributed by atoms with Crippen LogP contribution in [0.3, 0.4) is 0 Å². The summed E-state index contributed by atoms with van der Waals surface area (Å²) in [6.45, 7) is 7.84. The Kier molecular flexibility index (Phi) is 6.09. The molecular weight excluding hydrogens is 242 g/mol. The third-order valence-corrected chi connectivity index (χ3v) is 4.79. The number of benzene rings is 1. The fraction of sp³-hybridized carbons (Fsp3) is 0.684. The second kappa shape index (κ2) is 7.83. The predicted octanol–water partition coefficient (Wildman–Crippen LogP) is 5.31. The van der Waals surface area contributed by atoms with Gasteiger partial charge in [-0.1, -0.05) is 56.4 Å². The highest BCUT2D eigenvalue weighted by atomic mass is 14.9. The molecule has 0 aliphatic heterocycles. The van der Waals surface area contributed by atoms with Gasteiger partial charge in [-0.15, -0.1) is 0 Å². The molecule has 1 fully saturated rings. The lowest BCUT2D eigenvalue weighted by molar-refractivity contribution is 0.411. The molecule has 1 aliphatic carbocycles. The van der Waals surface area contributed by atoms with Crippen molar-refractivity contribution in [3.63, 3.8) is 0 Å². The minimum absolute atomic E-state index is 0.551. The molecule has 20 heavy (non-hydrogen) atoms. The van der Waals surface area contributed by atoms with E-state index in [0.29, 0.717) is 6.04 Å². The van der Waals surface area contributed by atoms with Gasteiger partial charge in [-0.25, -0.2) is 0 Å². The average molecular weight is 273 g/mol. The Morgan fingerprint density at radius 2 is 1.95 bits per heavy atom. The largest absolute Gasteiger partial charge is 0.310 e. The molecule has 0 heterocycles. The van der Waals surface area contributed by atoms with Crippen molar-refractivity contribution in [1.82, 2.24) is 5.32 Å². The Morgan fingerprint density at radius 3 is 2.65 bits per heavy atom. The van der Waals surface area contributed by atoms with Crippen LogP contribution < -0.4 is 5.32 Å². The van der Waals surface area contributed by atoms with E-state index in [9.17, 15) is 0 Å². The molecule has 0 spiro atoms. The summed E-state index contributed by atoms with van der Waals surface area (Å²) in [7, 11) is 0. The quantitative estimate of drug-likeness (QED) is 0.709. The second-order valence-corrected chi connectivity index (χ2v) is 6.59. The van der Waals surface area contributed by atoms with Gasteiger partial charge in [0.05, 0.1) is 0 Å². The summed E-state index contributed by atoms with van der Waals surface area (Å²) in [6.07, 6.45) is 9.76. The molecule has 0 amide bonds. The molecule has 1 unspecified atom stereocenters. The predicted molar refractivity (Wildman–Crippen MR) is 88.1 cm³/mol. The molecule has 1 N–H and O–H groups in total. The van der Waals surface area contributed by atoms with E-state index < -0.39 is 0 Å². The van der Waals surface area contributed by atoms with Crippen LogP contribution in [0.1, 0.15) is 74.6 Å². The van der Waals surface area contributed by atoms with Gasteiger partial charge < -0.3 is 5.32 Å². The maximum Gasteiger partial charge on any atom is 0.0323 e. The Balaban J connectivity index is 2.02. The van der Waals surface area contributed by atoms with Crippen LogP contribution in [0, 0.1) is 19.8 Å². The van der Waals surface area contributed by atoms with E-state index in [1.807, 2.05) is 0 Å². The highest BCUT2D eigenvalue weighted by Gasteiger charge is 2.19. The SMILES string of the molecule is CCCNC(CCC1CCCC1)c1cc(C)ccc1C. The number of nitrogens with one attached hydrogen (secondary N) is 1. The highest BCUT2D eigenvalue weighted by molar-refractivity contribution is 5.33. The van der Waals surface area contributed by atoms with Crippen molar-refractivity contribution in [3.8, 4) is 0 Å². The Morgan fingerprint density at radius 1 is 1.20 bits per heavy atom. The van der Waals surface area contributed by atoms with Crippen LogP contribution in [0.5, 0.6) is 0 Å². The standard InChI is InChI=1S/C19H31N/c1-4-13-20-19(12-11-17-7-5-6-8-17)18-14-15(2)9-10-16(18)3/h9-10,14,17,19-20H,4-8,11-13H2,1-3H3. The minimum Gasteiger partial charge on any atom is -0.310 e. The molecule has 0 bridgehead atoms. The van der Waals surface area contributed by atoms with Gasteiger partial charge in [-0.3, -0.25) is 0 Å². The first kappa shape index (κ1) is 15.6. The topological polar surface area (TPSA) is 12.0 Å². The van der Waals surface area contributed by atoms with Gasteiger partial charge in [0, 0.05) is 6.04 Å². The first-order chi connectivity index (χ1) is 9.70. The van der Waals surface area contributed by atoms with Gasteiger partial charge in [0.25, 0.3) is 0 Å². The molecule has 1 aromatic rings. The van der Waals surface area contributed by atoms with Crippen LogP contribution in [-0.2, 0) is 0 Å². The maximum absolute atomic E-state index is 3.78.